The van der Waals surface area contributed by atoms with Gasteiger partial charge in [0.1, 0.15) is 6.07 Å². The highest BCUT2D eigenvalue weighted by atomic mass is 127. The number of fused-ring (bicyclic) bond motifs is 1. The van der Waals surface area contributed by atoms with E-state index in [9.17, 15) is 4.79 Å². The van der Waals surface area contributed by atoms with Crippen molar-refractivity contribution in [2.24, 2.45) is 5.10 Å². The molecule has 1 aromatic heterocycles. The summed E-state index contributed by atoms with van der Waals surface area (Å²) in [6.45, 7) is -0.0849. The number of methoxy groups -OCH3 is 1. The van der Waals surface area contributed by atoms with E-state index in [1.165, 1.54) is 11.8 Å². The van der Waals surface area contributed by atoms with Crippen LogP contribution in [-0.2, 0) is 0 Å². The maximum atomic E-state index is 13.2. The summed E-state index contributed by atoms with van der Waals surface area (Å²) in [4.78, 5) is 17.9. The minimum atomic E-state index is -0.263. The summed E-state index contributed by atoms with van der Waals surface area (Å²) in [5.41, 5.74) is 1.83. The Morgan fingerprint density at radius 2 is 1.91 bits per heavy atom. The van der Waals surface area contributed by atoms with Gasteiger partial charge in [-0.05, 0) is 52.4 Å². The molecule has 0 radical (unpaired) electrons. The largest absolute Gasteiger partial charge is 0.493 e. The minimum Gasteiger partial charge on any atom is -0.493 e. The summed E-state index contributed by atoms with van der Waals surface area (Å²) >= 11 is 2.11. The van der Waals surface area contributed by atoms with E-state index in [2.05, 4.69) is 27.7 Å². The number of nitriles is 1. The number of ether oxygens (including phenoxy) is 2. The van der Waals surface area contributed by atoms with Crippen LogP contribution in [0.2, 0.25) is 0 Å². The first-order valence-electron chi connectivity index (χ1n) is 9.61. The smallest absolute Gasteiger partial charge is 0.282 e. The first-order chi connectivity index (χ1) is 15.6. The predicted octanol–water partition coefficient (Wildman–Crippen LogP) is 4.46. The van der Waals surface area contributed by atoms with Gasteiger partial charge >= 0.3 is 0 Å². The van der Waals surface area contributed by atoms with Crippen LogP contribution in [0.1, 0.15) is 5.56 Å². The molecule has 158 valence electrons. The summed E-state index contributed by atoms with van der Waals surface area (Å²) in [6, 6.07) is 22.2. The fourth-order valence-electron chi connectivity index (χ4n) is 3.19. The standard InChI is InChI=1S/C24H17IN4O3/c1-31-21-14-16(13-19(25)22(21)32-12-11-26)15-27-29-23(17-7-3-2-4-8-17)28-20-10-6-5-9-18(20)24(29)30/h2-10,13-15H,12H2,1H3. The molecule has 3 aromatic carbocycles. The molecule has 0 fully saturated rings. The van der Waals surface area contributed by atoms with E-state index < -0.39 is 0 Å². The molecule has 0 atom stereocenters. The van der Waals surface area contributed by atoms with Crippen molar-refractivity contribution < 1.29 is 9.47 Å². The molecule has 0 saturated heterocycles. The minimum absolute atomic E-state index is 0.0849. The van der Waals surface area contributed by atoms with Crippen LogP contribution in [0, 0.1) is 14.9 Å². The summed E-state index contributed by atoms with van der Waals surface area (Å²) in [5.74, 6) is 1.41. The number of aromatic nitrogens is 2. The maximum Gasteiger partial charge on any atom is 0.282 e. The first kappa shape index (κ1) is 21.5. The third kappa shape index (κ3) is 4.33. The van der Waals surface area contributed by atoms with Gasteiger partial charge in [-0.1, -0.05) is 42.5 Å². The Hall–Kier alpha value is -3.71. The fraction of sp³-hybridized carbons (Fsp3) is 0.0833. The average molecular weight is 536 g/mol. The molecule has 0 aliphatic heterocycles. The summed E-state index contributed by atoms with van der Waals surface area (Å²) < 4.78 is 12.9. The highest BCUT2D eigenvalue weighted by Gasteiger charge is 2.13. The molecular formula is C24H17IN4O3. The molecule has 0 N–H and O–H groups in total. The highest BCUT2D eigenvalue weighted by molar-refractivity contribution is 14.1. The maximum absolute atomic E-state index is 13.2. The van der Waals surface area contributed by atoms with Crippen LogP contribution >= 0.6 is 22.6 Å². The molecule has 0 saturated carbocycles. The molecule has 0 amide bonds. The van der Waals surface area contributed by atoms with Gasteiger partial charge in [-0.15, -0.1) is 0 Å². The zero-order valence-corrected chi connectivity index (χ0v) is 19.2. The molecule has 32 heavy (non-hydrogen) atoms. The highest BCUT2D eigenvalue weighted by Crippen LogP contribution is 2.33. The monoisotopic (exact) mass is 536 g/mol. The topological polar surface area (TPSA) is 89.5 Å². The van der Waals surface area contributed by atoms with Crippen molar-refractivity contribution in [1.29, 1.82) is 5.26 Å². The zero-order chi connectivity index (χ0) is 22.5. The van der Waals surface area contributed by atoms with Gasteiger partial charge in [0, 0.05) is 5.56 Å². The van der Waals surface area contributed by atoms with E-state index in [1.54, 1.807) is 24.4 Å². The van der Waals surface area contributed by atoms with E-state index in [1.807, 2.05) is 54.6 Å². The molecule has 4 aromatic rings. The molecular weight excluding hydrogens is 519 g/mol. The van der Waals surface area contributed by atoms with Crippen LogP contribution in [0.3, 0.4) is 0 Å². The van der Waals surface area contributed by atoms with E-state index in [4.69, 9.17) is 19.7 Å². The summed E-state index contributed by atoms with van der Waals surface area (Å²) in [6.07, 6.45) is 1.57. The van der Waals surface area contributed by atoms with Gasteiger partial charge in [-0.25, -0.2) is 4.98 Å². The summed E-state index contributed by atoms with van der Waals surface area (Å²) in [7, 11) is 1.52. The Morgan fingerprint density at radius 1 is 1.16 bits per heavy atom. The molecule has 1 heterocycles. The number of benzene rings is 3. The van der Waals surface area contributed by atoms with Gasteiger partial charge in [0.2, 0.25) is 0 Å². The number of hydrogen-bond donors (Lipinski definition) is 0. The first-order valence-corrected chi connectivity index (χ1v) is 10.7. The van der Waals surface area contributed by atoms with E-state index in [-0.39, 0.29) is 12.2 Å². The second-order valence-corrected chi connectivity index (χ2v) is 7.82. The van der Waals surface area contributed by atoms with Crippen LogP contribution in [-0.4, -0.2) is 29.6 Å². The van der Waals surface area contributed by atoms with E-state index >= 15 is 0 Å². The van der Waals surface area contributed by atoms with Gasteiger partial charge in [-0.3, -0.25) is 4.79 Å². The normalized spacial score (nSPS) is 10.9. The number of halogens is 1. The lowest BCUT2D eigenvalue weighted by atomic mass is 10.2. The van der Waals surface area contributed by atoms with Gasteiger partial charge in [0.15, 0.2) is 23.9 Å². The molecule has 4 rings (SSSR count). The molecule has 0 aliphatic carbocycles. The van der Waals surface area contributed by atoms with Gasteiger partial charge in [-0.2, -0.15) is 15.0 Å². The Balaban J connectivity index is 1.84. The van der Waals surface area contributed by atoms with Crippen LogP contribution in [0.5, 0.6) is 11.5 Å². The molecule has 0 spiro atoms. The Bertz CT molecular complexity index is 1410. The second-order valence-electron chi connectivity index (χ2n) is 6.66. The van der Waals surface area contributed by atoms with Gasteiger partial charge in [0.25, 0.3) is 5.56 Å². The molecule has 7 nitrogen and oxygen atoms in total. The van der Waals surface area contributed by atoms with Crippen molar-refractivity contribution >= 4 is 39.7 Å². The quantitative estimate of drug-likeness (QED) is 0.268. The Kier molecular flexibility index (Phi) is 6.47. The molecule has 0 bridgehead atoms. The predicted molar refractivity (Wildman–Crippen MR) is 131 cm³/mol. The lowest BCUT2D eigenvalue weighted by Gasteiger charge is -2.12. The third-order valence-corrected chi connectivity index (χ3v) is 5.44. The van der Waals surface area contributed by atoms with Crippen molar-refractivity contribution in [3.63, 3.8) is 0 Å². The van der Waals surface area contributed by atoms with Crippen LogP contribution in [0.4, 0.5) is 0 Å². The van der Waals surface area contributed by atoms with Crippen molar-refractivity contribution in [3.05, 3.63) is 86.2 Å². The van der Waals surface area contributed by atoms with Crippen LogP contribution in [0.15, 0.2) is 76.6 Å². The Morgan fingerprint density at radius 3 is 2.66 bits per heavy atom. The zero-order valence-electron chi connectivity index (χ0n) is 17.0. The number of para-hydroxylation sites is 1. The van der Waals surface area contributed by atoms with Crippen molar-refractivity contribution in [2.75, 3.05) is 13.7 Å². The second kappa shape index (κ2) is 9.62. The number of rotatable bonds is 6. The van der Waals surface area contributed by atoms with Crippen LogP contribution in [0.25, 0.3) is 22.3 Å². The third-order valence-electron chi connectivity index (χ3n) is 4.64. The Labute approximate surface area is 197 Å². The van der Waals surface area contributed by atoms with E-state index in [0.29, 0.717) is 33.8 Å². The molecule has 0 aliphatic rings. The van der Waals surface area contributed by atoms with Gasteiger partial charge in [0.05, 0.1) is 27.8 Å². The van der Waals surface area contributed by atoms with Crippen molar-refractivity contribution in [2.45, 2.75) is 0 Å². The van der Waals surface area contributed by atoms with Crippen molar-refractivity contribution in [1.82, 2.24) is 9.66 Å². The van der Waals surface area contributed by atoms with Gasteiger partial charge < -0.3 is 9.47 Å². The van der Waals surface area contributed by atoms with Crippen LogP contribution < -0.4 is 15.0 Å². The average Bonchev–Trinajstić information content (AvgIpc) is 2.83. The summed E-state index contributed by atoms with van der Waals surface area (Å²) in [5, 5.41) is 13.7. The molecule has 0 unspecified atom stereocenters. The SMILES string of the molecule is COc1cc(C=Nn2c(-c3ccccc3)nc3ccccc3c2=O)cc(I)c1OCC#N. The number of hydrogen-bond acceptors (Lipinski definition) is 6. The molecule has 8 heteroatoms. The lowest BCUT2D eigenvalue weighted by Crippen LogP contribution is -2.20. The van der Waals surface area contributed by atoms with E-state index in [0.717, 1.165) is 9.13 Å². The number of nitrogens with zero attached hydrogens (tertiary/aromatic N) is 4. The lowest BCUT2D eigenvalue weighted by molar-refractivity contribution is 0.327. The van der Waals surface area contributed by atoms with Crippen molar-refractivity contribution in [3.8, 4) is 29.0 Å². The fourth-order valence-corrected chi connectivity index (χ4v) is 3.97.